The van der Waals surface area contributed by atoms with Crippen LogP contribution in [0.4, 0.5) is 0 Å². The van der Waals surface area contributed by atoms with Gasteiger partial charge in [0.15, 0.2) is 0 Å². The Hall–Kier alpha value is -1.35. The van der Waals surface area contributed by atoms with Crippen molar-refractivity contribution in [1.29, 1.82) is 0 Å². The molecule has 1 atom stereocenters. The number of hydrogen-bond donors (Lipinski definition) is 2. The minimum absolute atomic E-state index is 0.138. The van der Waals surface area contributed by atoms with Crippen LogP contribution in [0.1, 0.15) is 45.6 Å². The Morgan fingerprint density at radius 3 is 2.50 bits per heavy atom. The second-order valence-electron chi connectivity index (χ2n) is 6.36. The highest BCUT2D eigenvalue weighted by molar-refractivity contribution is 5.76. The average Bonchev–Trinajstić information content (AvgIpc) is 2.37. The van der Waals surface area contributed by atoms with E-state index in [4.69, 9.17) is 5.73 Å². The van der Waals surface area contributed by atoms with Crippen LogP contribution >= 0.6 is 0 Å². The lowest BCUT2D eigenvalue weighted by Crippen LogP contribution is -2.34. The molecule has 3 nitrogen and oxygen atoms in total. The van der Waals surface area contributed by atoms with E-state index in [1.165, 1.54) is 5.56 Å². The third kappa shape index (κ3) is 6.71. The molecule has 0 heterocycles. The highest BCUT2D eigenvalue weighted by atomic mass is 16.1. The Balaban J connectivity index is 2.31. The minimum Gasteiger partial charge on any atom is -0.353 e. The second kappa shape index (κ2) is 8.05. The Morgan fingerprint density at radius 1 is 1.25 bits per heavy atom. The quantitative estimate of drug-likeness (QED) is 0.767. The van der Waals surface area contributed by atoms with E-state index in [0.717, 1.165) is 19.3 Å². The SMILES string of the molecule is CC(Cc1ccccc1)NC(=O)CCC(C)(C)CCN. The van der Waals surface area contributed by atoms with E-state index in [9.17, 15) is 4.79 Å². The van der Waals surface area contributed by atoms with Gasteiger partial charge in [0.1, 0.15) is 0 Å². The molecule has 0 radical (unpaired) electrons. The van der Waals surface area contributed by atoms with Crippen molar-refractivity contribution in [2.45, 2.75) is 52.5 Å². The highest BCUT2D eigenvalue weighted by Crippen LogP contribution is 2.25. The molecule has 0 saturated carbocycles. The number of carbonyl (C=O) groups is 1. The smallest absolute Gasteiger partial charge is 0.220 e. The number of hydrogen-bond acceptors (Lipinski definition) is 2. The van der Waals surface area contributed by atoms with E-state index in [1.807, 2.05) is 18.2 Å². The van der Waals surface area contributed by atoms with Crippen LogP contribution < -0.4 is 11.1 Å². The van der Waals surface area contributed by atoms with Gasteiger partial charge in [0.05, 0.1) is 0 Å². The predicted molar refractivity (Wildman–Crippen MR) is 84.4 cm³/mol. The summed E-state index contributed by atoms with van der Waals surface area (Å²) in [5, 5.41) is 3.07. The van der Waals surface area contributed by atoms with Gasteiger partial charge in [-0.2, -0.15) is 0 Å². The maximum Gasteiger partial charge on any atom is 0.220 e. The fourth-order valence-electron chi connectivity index (χ4n) is 2.33. The van der Waals surface area contributed by atoms with Crippen molar-refractivity contribution in [3.63, 3.8) is 0 Å². The number of nitrogens with one attached hydrogen (secondary N) is 1. The Labute approximate surface area is 122 Å². The molecule has 0 aliphatic rings. The summed E-state index contributed by atoms with van der Waals surface area (Å²) in [5.41, 5.74) is 6.99. The first-order valence-corrected chi connectivity index (χ1v) is 7.46. The molecule has 1 unspecified atom stereocenters. The maximum absolute atomic E-state index is 12.0. The van der Waals surface area contributed by atoms with Crippen LogP contribution in [-0.2, 0) is 11.2 Å². The third-order valence-electron chi connectivity index (χ3n) is 3.64. The summed E-state index contributed by atoms with van der Waals surface area (Å²) < 4.78 is 0. The molecule has 0 spiro atoms. The van der Waals surface area contributed by atoms with E-state index in [0.29, 0.717) is 13.0 Å². The van der Waals surface area contributed by atoms with Crippen molar-refractivity contribution in [3.05, 3.63) is 35.9 Å². The molecule has 0 saturated heterocycles. The zero-order valence-electron chi connectivity index (χ0n) is 13.0. The standard InChI is InChI=1S/C17H28N2O/c1-14(13-15-7-5-4-6-8-15)19-16(20)9-10-17(2,3)11-12-18/h4-8,14H,9-13,18H2,1-3H3,(H,19,20). The first-order chi connectivity index (χ1) is 9.43. The summed E-state index contributed by atoms with van der Waals surface area (Å²) in [6.07, 6.45) is 3.29. The van der Waals surface area contributed by atoms with Gasteiger partial charge in [-0.05, 0) is 43.7 Å². The van der Waals surface area contributed by atoms with E-state index >= 15 is 0 Å². The Kier molecular flexibility index (Phi) is 6.73. The van der Waals surface area contributed by atoms with E-state index in [1.54, 1.807) is 0 Å². The molecule has 0 bridgehead atoms. The van der Waals surface area contributed by atoms with Gasteiger partial charge in [-0.1, -0.05) is 44.2 Å². The van der Waals surface area contributed by atoms with Crippen LogP contribution in [0.15, 0.2) is 30.3 Å². The number of nitrogens with two attached hydrogens (primary N) is 1. The Bertz CT molecular complexity index is 401. The van der Waals surface area contributed by atoms with Gasteiger partial charge >= 0.3 is 0 Å². The fraction of sp³-hybridized carbons (Fsp3) is 0.588. The lowest BCUT2D eigenvalue weighted by Gasteiger charge is -2.24. The maximum atomic E-state index is 12.0. The predicted octanol–water partition coefficient (Wildman–Crippen LogP) is 2.89. The molecule has 112 valence electrons. The molecule has 1 rings (SSSR count). The molecule has 0 aliphatic heterocycles. The van der Waals surface area contributed by atoms with Crippen molar-refractivity contribution < 1.29 is 4.79 Å². The van der Waals surface area contributed by atoms with Crippen LogP contribution in [0, 0.1) is 5.41 Å². The summed E-state index contributed by atoms with van der Waals surface area (Å²) in [6.45, 7) is 7.07. The van der Waals surface area contributed by atoms with Gasteiger partial charge in [0.2, 0.25) is 5.91 Å². The molecule has 0 aliphatic carbocycles. The zero-order chi connectivity index (χ0) is 15.0. The summed E-state index contributed by atoms with van der Waals surface area (Å²) in [4.78, 5) is 12.0. The van der Waals surface area contributed by atoms with E-state index in [2.05, 4.69) is 38.2 Å². The van der Waals surface area contributed by atoms with E-state index in [-0.39, 0.29) is 17.4 Å². The molecule has 0 fully saturated rings. The largest absolute Gasteiger partial charge is 0.353 e. The summed E-state index contributed by atoms with van der Waals surface area (Å²) >= 11 is 0. The molecule has 3 heteroatoms. The van der Waals surface area contributed by atoms with Crippen molar-refractivity contribution in [2.75, 3.05) is 6.54 Å². The summed E-state index contributed by atoms with van der Waals surface area (Å²) in [7, 11) is 0. The van der Waals surface area contributed by atoms with Crippen LogP contribution in [0.3, 0.4) is 0 Å². The topological polar surface area (TPSA) is 55.1 Å². The number of carbonyl (C=O) groups excluding carboxylic acids is 1. The van der Waals surface area contributed by atoms with Crippen molar-refractivity contribution in [1.82, 2.24) is 5.32 Å². The molecule has 1 amide bonds. The van der Waals surface area contributed by atoms with Gasteiger partial charge in [0.25, 0.3) is 0 Å². The Morgan fingerprint density at radius 2 is 1.90 bits per heavy atom. The van der Waals surface area contributed by atoms with Crippen molar-refractivity contribution in [3.8, 4) is 0 Å². The van der Waals surface area contributed by atoms with Gasteiger partial charge in [-0.25, -0.2) is 0 Å². The fourth-order valence-corrected chi connectivity index (χ4v) is 2.33. The molecule has 1 aromatic rings. The average molecular weight is 276 g/mol. The van der Waals surface area contributed by atoms with Crippen molar-refractivity contribution in [2.24, 2.45) is 11.1 Å². The van der Waals surface area contributed by atoms with Gasteiger partial charge < -0.3 is 11.1 Å². The molecule has 3 N–H and O–H groups in total. The first kappa shape index (κ1) is 16.7. The van der Waals surface area contributed by atoms with Crippen LogP contribution in [0.5, 0.6) is 0 Å². The summed E-state index contributed by atoms with van der Waals surface area (Å²) in [5.74, 6) is 0.138. The molecule has 1 aromatic carbocycles. The molecular formula is C17H28N2O. The molecule has 0 aromatic heterocycles. The van der Waals surface area contributed by atoms with Crippen LogP contribution in [0.25, 0.3) is 0 Å². The minimum atomic E-state index is 0.138. The van der Waals surface area contributed by atoms with Crippen LogP contribution in [0.2, 0.25) is 0 Å². The normalized spacial score (nSPS) is 13.0. The van der Waals surface area contributed by atoms with Gasteiger partial charge in [-0.3, -0.25) is 4.79 Å². The monoisotopic (exact) mass is 276 g/mol. The van der Waals surface area contributed by atoms with Crippen LogP contribution in [-0.4, -0.2) is 18.5 Å². The lowest BCUT2D eigenvalue weighted by molar-refractivity contribution is -0.122. The van der Waals surface area contributed by atoms with Gasteiger partial charge in [-0.15, -0.1) is 0 Å². The van der Waals surface area contributed by atoms with Crippen molar-refractivity contribution >= 4 is 5.91 Å². The first-order valence-electron chi connectivity index (χ1n) is 7.46. The highest BCUT2D eigenvalue weighted by Gasteiger charge is 2.18. The lowest BCUT2D eigenvalue weighted by atomic mass is 9.84. The summed E-state index contributed by atoms with van der Waals surface area (Å²) in [6, 6.07) is 10.4. The molecule has 20 heavy (non-hydrogen) atoms. The van der Waals surface area contributed by atoms with E-state index < -0.39 is 0 Å². The van der Waals surface area contributed by atoms with Gasteiger partial charge in [0, 0.05) is 12.5 Å². The molecular weight excluding hydrogens is 248 g/mol. The number of benzene rings is 1. The zero-order valence-corrected chi connectivity index (χ0v) is 13.0. The second-order valence-corrected chi connectivity index (χ2v) is 6.36. The third-order valence-corrected chi connectivity index (χ3v) is 3.64. The number of amides is 1. The number of rotatable bonds is 8.